The normalized spacial score (nSPS) is 11.2. The van der Waals surface area contributed by atoms with Gasteiger partial charge < -0.3 is 19.9 Å². The molecule has 0 saturated heterocycles. The molecule has 0 aliphatic carbocycles. The Kier molecular flexibility index (Phi) is 5.80. The van der Waals surface area contributed by atoms with Gasteiger partial charge in [0.15, 0.2) is 11.6 Å². The summed E-state index contributed by atoms with van der Waals surface area (Å²) in [6, 6.07) is 4.86. The number of anilines is 5. The second-order valence-corrected chi connectivity index (χ2v) is 8.28. The molecule has 2 heterocycles. The molecule has 10 nitrogen and oxygen atoms in total. The molecule has 3 rings (SSSR count). The second-order valence-electron chi connectivity index (χ2n) is 6.13. The Hall–Kier alpha value is -3.05. The molecule has 12 heteroatoms. The third-order valence-electron chi connectivity index (χ3n) is 3.79. The maximum Gasteiger partial charge on any atom is 0.229 e. The number of ether oxygens (including phenoxy) is 1. The fourth-order valence-corrected chi connectivity index (χ4v) is 3.17. The van der Waals surface area contributed by atoms with Crippen molar-refractivity contribution in [3.8, 4) is 5.75 Å². The van der Waals surface area contributed by atoms with Gasteiger partial charge >= 0.3 is 0 Å². The Bertz CT molecular complexity index is 1130. The number of hydrogen-bond donors (Lipinski definition) is 3. The number of aromatic nitrogens is 3. The predicted octanol–water partition coefficient (Wildman–Crippen LogP) is 3.60. The van der Waals surface area contributed by atoms with Gasteiger partial charge in [0.05, 0.1) is 30.9 Å². The average Bonchev–Trinajstić information content (AvgIpc) is 2.96. The van der Waals surface area contributed by atoms with Crippen LogP contribution in [-0.2, 0) is 10.0 Å². The number of methoxy groups -OCH3 is 1. The Morgan fingerprint density at radius 1 is 1.17 bits per heavy atom. The molecular weight excluding hydrogens is 420 g/mol. The molecule has 0 fully saturated rings. The van der Waals surface area contributed by atoms with E-state index in [0.29, 0.717) is 28.6 Å². The lowest BCUT2D eigenvalue weighted by Crippen LogP contribution is -2.11. The minimum Gasteiger partial charge on any atom is -0.497 e. The zero-order valence-electron chi connectivity index (χ0n) is 16.1. The van der Waals surface area contributed by atoms with Crippen LogP contribution in [0, 0.1) is 13.8 Å². The van der Waals surface area contributed by atoms with Gasteiger partial charge in [-0.1, -0.05) is 16.8 Å². The quantitative estimate of drug-likeness (QED) is 0.506. The summed E-state index contributed by atoms with van der Waals surface area (Å²) in [6.45, 7) is 3.55. The summed E-state index contributed by atoms with van der Waals surface area (Å²) in [5, 5.41) is 10.2. The van der Waals surface area contributed by atoms with E-state index >= 15 is 0 Å². The fourth-order valence-electron chi connectivity index (χ4n) is 2.46. The van der Waals surface area contributed by atoms with Crippen LogP contribution in [0.1, 0.15) is 11.5 Å². The minimum atomic E-state index is -3.52. The third-order valence-corrected chi connectivity index (χ3v) is 4.66. The van der Waals surface area contributed by atoms with Gasteiger partial charge in [0, 0.05) is 6.07 Å². The first kappa shape index (κ1) is 20.7. The molecule has 0 unspecified atom stereocenters. The van der Waals surface area contributed by atoms with Crippen LogP contribution in [0.2, 0.25) is 5.02 Å². The number of aryl methyl sites for hydroxylation is 2. The van der Waals surface area contributed by atoms with E-state index in [1.54, 1.807) is 32.0 Å². The summed E-state index contributed by atoms with van der Waals surface area (Å²) in [5.74, 6) is 1.61. The summed E-state index contributed by atoms with van der Waals surface area (Å²) < 4.78 is 36.1. The molecule has 0 bridgehead atoms. The molecule has 3 N–H and O–H groups in total. The van der Waals surface area contributed by atoms with Crippen LogP contribution < -0.4 is 20.1 Å². The van der Waals surface area contributed by atoms with Gasteiger partial charge in [0.2, 0.25) is 16.0 Å². The first-order valence-electron chi connectivity index (χ1n) is 8.31. The molecule has 0 aliphatic heterocycles. The molecule has 1 aromatic carbocycles. The maximum absolute atomic E-state index is 11.7. The van der Waals surface area contributed by atoms with Crippen molar-refractivity contribution in [1.29, 1.82) is 0 Å². The van der Waals surface area contributed by atoms with Crippen LogP contribution in [0.3, 0.4) is 0 Å². The molecule has 0 spiro atoms. The number of hydrogen-bond acceptors (Lipinski definition) is 9. The number of nitrogens with zero attached hydrogens (tertiary/aromatic N) is 3. The van der Waals surface area contributed by atoms with Crippen LogP contribution in [0.5, 0.6) is 5.75 Å². The van der Waals surface area contributed by atoms with Crippen molar-refractivity contribution in [3.05, 3.63) is 40.9 Å². The molecule has 3 aromatic rings. The highest BCUT2D eigenvalue weighted by molar-refractivity contribution is 7.92. The molecule has 0 aliphatic rings. The van der Waals surface area contributed by atoms with E-state index in [1.807, 2.05) is 0 Å². The van der Waals surface area contributed by atoms with E-state index in [1.165, 1.54) is 13.3 Å². The SMILES string of the molecule is COc1ccc(Nc2nc(Nc3c(C)noc3C)ncc2Cl)c(NS(C)(=O)=O)c1. The van der Waals surface area contributed by atoms with Gasteiger partial charge in [-0.2, -0.15) is 4.98 Å². The highest BCUT2D eigenvalue weighted by Gasteiger charge is 2.15. The van der Waals surface area contributed by atoms with Crippen molar-refractivity contribution < 1.29 is 17.7 Å². The largest absolute Gasteiger partial charge is 0.497 e. The van der Waals surface area contributed by atoms with Gasteiger partial charge in [-0.25, -0.2) is 13.4 Å². The lowest BCUT2D eigenvalue weighted by Gasteiger charge is -2.15. The Morgan fingerprint density at radius 2 is 1.93 bits per heavy atom. The molecule has 0 atom stereocenters. The van der Waals surface area contributed by atoms with Crippen LogP contribution in [0.4, 0.5) is 28.8 Å². The molecule has 2 aromatic heterocycles. The van der Waals surface area contributed by atoms with Crippen LogP contribution >= 0.6 is 11.6 Å². The molecule has 154 valence electrons. The van der Waals surface area contributed by atoms with Gasteiger partial charge in [0.1, 0.15) is 22.2 Å². The summed E-state index contributed by atoms with van der Waals surface area (Å²) in [7, 11) is -2.03. The number of nitrogens with one attached hydrogen (secondary N) is 3. The lowest BCUT2D eigenvalue weighted by molar-refractivity contribution is 0.393. The third kappa shape index (κ3) is 5.06. The van der Waals surface area contributed by atoms with Crippen molar-refractivity contribution in [2.75, 3.05) is 28.7 Å². The first-order valence-corrected chi connectivity index (χ1v) is 10.6. The van der Waals surface area contributed by atoms with Crippen molar-refractivity contribution >= 4 is 50.5 Å². The number of benzene rings is 1. The van der Waals surface area contributed by atoms with Crippen molar-refractivity contribution in [3.63, 3.8) is 0 Å². The van der Waals surface area contributed by atoms with Gasteiger partial charge in [-0.15, -0.1) is 0 Å². The summed E-state index contributed by atoms with van der Waals surface area (Å²) >= 11 is 6.23. The Morgan fingerprint density at radius 3 is 2.55 bits per heavy atom. The smallest absolute Gasteiger partial charge is 0.229 e. The zero-order valence-corrected chi connectivity index (χ0v) is 17.6. The molecule has 0 saturated carbocycles. The van der Waals surface area contributed by atoms with E-state index in [0.717, 1.165) is 6.26 Å². The van der Waals surface area contributed by atoms with Crippen LogP contribution in [0.25, 0.3) is 0 Å². The summed E-state index contributed by atoms with van der Waals surface area (Å²) in [5.41, 5.74) is 2.02. The standard InChI is InChI=1S/C17H19ClN6O4S/c1-9-15(10(2)28-23-9)21-17-19-8-12(18)16(22-17)20-13-6-5-11(27-3)7-14(13)24-29(4,25)26/h5-8,24H,1-4H3,(H2,19,20,21,22). The highest BCUT2D eigenvalue weighted by Crippen LogP contribution is 2.32. The number of halogens is 1. The maximum atomic E-state index is 11.7. The topological polar surface area (TPSA) is 131 Å². The molecule has 0 amide bonds. The fraction of sp³-hybridized carbons (Fsp3) is 0.235. The Balaban J connectivity index is 1.94. The second kappa shape index (κ2) is 8.13. The first-order chi connectivity index (χ1) is 13.7. The molecule has 29 heavy (non-hydrogen) atoms. The predicted molar refractivity (Wildman–Crippen MR) is 111 cm³/mol. The van der Waals surface area contributed by atoms with Crippen molar-refractivity contribution in [2.24, 2.45) is 0 Å². The molecular formula is C17H19ClN6O4S. The average molecular weight is 439 g/mol. The minimum absolute atomic E-state index is 0.246. The number of sulfonamides is 1. The zero-order chi connectivity index (χ0) is 21.2. The van der Waals surface area contributed by atoms with E-state index in [2.05, 4.69) is 30.5 Å². The monoisotopic (exact) mass is 438 g/mol. The lowest BCUT2D eigenvalue weighted by atomic mass is 10.2. The van der Waals surface area contributed by atoms with Crippen molar-refractivity contribution in [1.82, 2.24) is 15.1 Å². The van der Waals surface area contributed by atoms with Gasteiger partial charge in [0.25, 0.3) is 0 Å². The number of rotatable bonds is 7. The Labute approximate surface area is 172 Å². The van der Waals surface area contributed by atoms with Crippen LogP contribution in [0.15, 0.2) is 28.9 Å². The summed E-state index contributed by atoms with van der Waals surface area (Å²) in [4.78, 5) is 8.51. The van der Waals surface area contributed by atoms with Gasteiger partial charge in [-0.3, -0.25) is 4.72 Å². The molecule has 0 radical (unpaired) electrons. The van der Waals surface area contributed by atoms with Gasteiger partial charge in [-0.05, 0) is 26.0 Å². The summed E-state index contributed by atoms with van der Waals surface area (Å²) in [6.07, 6.45) is 2.48. The highest BCUT2D eigenvalue weighted by atomic mass is 35.5. The van der Waals surface area contributed by atoms with E-state index < -0.39 is 10.0 Å². The van der Waals surface area contributed by atoms with Crippen LogP contribution in [-0.4, -0.2) is 36.9 Å². The van der Waals surface area contributed by atoms with E-state index in [-0.39, 0.29) is 22.5 Å². The van der Waals surface area contributed by atoms with E-state index in [4.69, 9.17) is 20.9 Å². The van der Waals surface area contributed by atoms with E-state index in [9.17, 15) is 8.42 Å². The van der Waals surface area contributed by atoms with Crippen molar-refractivity contribution in [2.45, 2.75) is 13.8 Å².